The van der Waals surface area contributed by atoms with Crippen LogP contribution in [0.4, 0.5) is 0 Å². The Morgan fingerprint density at radius 2 is 1.55 bits per heavy atom. The van der Waals surface area contributed by atoms with Gasteiger partial charge in [-0.25, -0.2) is 0 Å². The largest absolute Gasteiger partial charge is 0.311 e. The monoisotopic (exact) mass is 282 g/mol. The fourth-order valence-electron chi connectivity index (χ4n) is 3.88. The van der Waals surface area contributed by atoms with E-state index in [0.29, 0.717) is 22.9 Å². The molecule has 0 saturated carbocycles. The van der Waals surface area contributed by atoms with Crippen molar-refractivity contribution in [1.82, 2.24) is 10.2 Å². The number of hydrogen-bond acceptors (Lipinski definition) is 2. The molecule has 1 aliphatic heterocycles. The van der Waals surface area contributed by atoms with E-state index in [-0.39, 0.29) is 5.54 Å². The summed E-state index contributed by atoms with van der Waals surface area (Å²) in [5, 5.41) is 3.78. The minimum absolute atomic E-state index is 0.268. The molecule has 1 fully saturated rings. The highest BCUT2D eigenvalue weighted by Crippen LogP contribution is 2.35. The van der Waals surface area contributed by atoms with Gasteiger partial charge in [-0.3, -0.25) is 4.90 Å². The summed E-state index contributed by atoms with van der Waals surface area (Å²) in [5.74, 6) is 0. The van der Waals surface area contributed by atoms with Crippen LogP contribution in [-0.4, -0.2) is 35.6 Å². The van der Waals surface area contributed by atoms with Gasteiger partial charge < -0.3 is 5.32 Å². The molecule has 0 aromatic heterocycles. The van der Waals surface area contributed by atoms with Crippen LogP contribution in [0.5, 0.6) is 0 Å². The molecule has 20 heavy (non-hydrogen) atoms. The molecule has 0 aliphatic carbocycles. The minimum Gasteiger partial charge on any atom is -0.311 e. The molecule has 120 valence electrons. The second-order valence-electron chi connectivity index (χ2n) is 9.59. The van der Waals surface area contributed by atoms with Crippen LogP contribution in [0.1, 0.15) is 75.2 Å². The molecule has 1 rings (SSSR count). The highest BCUT2D eigenvalue weighted by Gasteiger charge is 2.41. The Bertz CT molecular complexity index is 306. The summed E-state index contributed by atoms with van der Waals surface area (Å²) in [6.45, 7) is 23.6. The predicted molar refractivity (Wildman–Crippen MR) is 90.2 cm³/mol. The van der Waals surface area contributed by atoms with Gasteiger partial charge in [-0.15, -0.1) is 0 Å². The third-order valence-electron chi connectivity index (χ3n) is 4.68. The first-order valence-corrected chi connectivity index (χ1v) is 8.37. The molecular formula is C18H38N2. The van der Waals surface area contributed by atoms with Crippen molar-refractivity contribution in [3.8, 4) is 0 Å². The highest BCUT2D eigenvalue weighted by atomic mass is 15.3. The molecule has 2 unspecified atom stereocenters. The molecular weight excluding hydrogens is 244 g/mol. The van der Waals surface area contributed by atoms with E-state index in [4.69, 9.17) is 0 Å². The van der Waals surface area contributed by atoms with Crippen molar-refractivity contribution < 1.29 is 0 Å². The summed E-state index contributed by atoms with van der Waals surface area (Å²) in [5.41, 5.74) is 0.975. The second kappa shape index (κ2) is 5.96. The van der Waals surface area contributed by atoms with Gasteiger partial charge in [0.15, 0.2) is 0 Å². The number of piperazine rings is 1. The van der Waals surface area contributed by atoms with Crippen LogP contribution in [0.2, 0.25) is 0 Å². The third-order valence-corrected chi connectivity index (χ3v) is 4.68. The lowest BCUT2D eigenvalue weighted by Crippen LogP contribution is -2.65. The number of nitrogens with zero attached hydrogens (tertiary/aromatic N) is 1. The molecule has 0 aromatic rings. The number of nitrogens with one attached hydrogen (secondary N) is 1. The molecule has 1 aliphatic rings. The Morgan fingerprint density at radius 1 is 1.00 bits per heavy atom. The highest BCUT2D eigenvalue weighted by molar-refractivity contribution is 4.98. The topological polar surface area (TPSA) is 15.3 Å². The maximum Gasteiger partial charge on any atom is 0.0244 e. The first-order chi connectivity index (χ1) is 8.87. The van der Waals surface area contributed by atoms with Crippen molar-refractivity contribution >= 4 is 0 Å². The molecule has 1 saturated heterocycles. The summed E-state index contributed by atoms with van der Waals surface area (Å²) >= 11 is 0. The van der Waals surface area contributed by atoms with Crippen LogP contribution < -0.4 is 5.32 Å². The molecule has 0 aromatic carbocycles. The number of rotatable bonds is 3. The van der Waals surface area contributed by atoms with Gasteiger partial charge in [0, 0.05) is 30.7 Å². The SMILES string of the molecule is CCC1CNC(C(C)(C)C)CN1C(C)(C)CC(C)(C)C. The Hall–Kier alpha value is -0.0800. The molecule has 2 heteroatoms. The zero-order valence-electron chi connectivity index (χ0n) is 15.4. The lowest BCUT2D eigenvalue weighted by molar-refractivity contribution is -0.0119. The standard InChI is InChI=1S/C18H38N2/c1-10-14-11-19-15(17(5,6)7)12-20(14)18(8,9)13-16(2,3)4/h14-15,19H,10-13H2,1-9H3. The van der Waals surface area contributed by atoms with E-state index in [2.05, 4.69) is 72.5 Å². The van der Waals surface area contributed by atoms with Gasteiger partial charge >= 0.3 is 0 Å². The normalized spacial score (nSPS) is 26.9. The van der Waals surface area contributed by atoms with E-state index in [1.807, 2.05) is 0 Å². The van der Waals surface area contributed by atoms with Gasteiger partial charge in [0.2, 0.25) is 0 Å². The fraction of sp³-hybridized carbons (Fsp3) is 1.00. The van der Waals surface area contributed by atoms with Crippen molar-refractivity contribution in [3.05, 3.63) is 0 Å². The lowest BCUT2D eigenvalue weighted by atomic mass is 9.77. The smallest absolute Gasteiger partial charge is 0.0244 e. The molecule has 1 heterocycles. The van der Waals surface area contributed by atoms with Crippen LogP contribution in [0.3, 0.4) is 0 Å². The van der Waals surface area contributed by atoms with Gasteiger partial charge in [-0.1, -0.05) is 48.5 Å². The Balaban J connectivity index is 2.91. The van der Waals surface area contributed by atoms with Crippen LogP contribution in [0.25, 0.3) is 0 Å². The first kappa shape index (κ1) is 18.0. The maximum absolute atomic E-state index is 3.78. The van der Waals surface area contributed by atoms with Gasteiger partial charge in [-0.05, 0) is 37.5 Å². The fourth-order valence-corrected chi connectivity index (χ4v) is 3.88. The van der Waals surface area contributed by atoms with E-state index in [1.165, 1.54) is 19.4 Å². The Kier molecular flexibility index (Phi) is 5.36. The van der Waals surface area contributed by atoms with Crippen LogP contribution in [0, 0.1) is 10.8 Å². The average Bonchev–Trinajstić information content (AvgIpc) is 2.23. The van der Waals surface area contributed by atoms with Gasteiger partial charge in [0.05, 0.1) is 0 Å². The molecule has 0 radical (unpaired) electrons. The second-order valence-corrected chi connectivity index (χ2v) is 9.59. The van der Waals surface area contributed by atoms with Gasteiger partial charge in [-0.2, -0.15) is 0 Å². The van der Waals surface area contributed by atoms with Crippen LogP contribution in [-0.2, 0) is 0 Å². The average molecular weight is 283 g/mol. The first-order valence-electron chi connectivity index (χ1n) is 8.37. The summed E-state index contributed by atoms with van der Waals surface area (Å²) in [4.78, 5) is 2.78. The van der Waals surface area contributed by atoms with Crippen LogP contribution in [0.15, 0.2) is 0 Å². The van der Waals surface area contributed by atoms with Crippen molar-refractivity contribution in [2.75, 3.05) is 13.1 Å². The van der Waals surface area contributed by atoms with Crippen LogP contribution >= 0.6 is 0 Å². The van der Waals surface area contributed by atoms with Crippen molar-refractivity contribution in [1.29, 1.82) is 0 Å². The minimum atomic E-state index is 0.268. The van der Waals surface area contributed by atoms with E-state index in [9.17, 15) is 0 Å². The molecule has 2 nitrogen and oxygen atoms in total. The molecule has 0 bridgehead atoms. The van der Waals surface area contributed by atoms with Gasteiger partial charge in [0.25, 0.3) is 0 Å². The number of hydrogen-bond donors (Lipinski definition) is 1. The molecule has 1 N–H and O–H groups in total. The molecule has 2 atom stereocenters. The predicted octanol–water partition coefficient (Wildman–Crippen LogP) is 4.30. The zero-order chi connectivity index (χ0) is 15.8. The van der Waals surface area contributed by atoms with E-state index >= 15 is 0 Å². The summed E-state index contributed by atoms with van der Waals surface area (Å²) in [6.07, 6.45) is 2.48. The van der Waals surface area contributed by atoms with Crippen molar-refractivity contribution in [2.24, 2.45) is 10.8 Å². The van der Waals surface area contributed by atoms with E-state index < -0.39 is 0 Å². The quantitative estimate of drug-likeness (QED) is 0.830. The summed E-state index contributed by atoms with van der Waals surface area (Å²) in [6, 6.07) is 1.26. The summed E-state index contributed by atoms with van der Waals surface area (Å²) in [7, 11) is 0. The van der Waals surface area contributed by atoms with E-state index in [0.717, 1.165) is 6.54 Å². The van der Waals surface area contributed by atoms with Gasteiger partial charge in [0.1, 0.15) is 0 Å². The molecule has 0 spiro atoms. The Morgan fingerprint density at radius 3 is 1.95 bits per heavy atom. The van der Waals surface area contributed by atoms with Crippen molar-refractivity contribution in [3.63, 3.8) is 0 Å². The Labute approximate surface area is 127 Å². The van der Waals surface area contributed by atoms with Crippen molar-refractivity contribution in [2.45, 2.75) is 92.8 Å². The lowest BCUT2D eigenvalue weighted by Gasteiger charge is -2.53. The summed E-state index contributed by atoms with van der Waals surface area (Å²) < 4.78 is 0. The maximum atomic E-state index is 3.78. The van der Waals surface area contributed by atoms with E-state index in [1.54, 1.807) is 0 Å². The third kappa shape index (κ3) is 4.73. The zero-order valence-corrected chi connectivity index (χ0v) is 15.4. The molecule has 0 amide bonds.